The zero-order valence-electron chi connectivity index (χ0n) is 11.7. The van der Waals surface area contributed by atoms with Crippen LogP contribution in [0.2, 0.25) is 0 Å². The minimum Gasteiger partial charge on any atom is -0.354 e. The van der Waals surface area contributed by atoms with Crippen LogP contribution >= 0.6 is 24.2 Å². The van der Waals surface area contributed by atoms with Crippen molar-refractivity contribution in [3.63, 3.8) is 0 Å². The van der Waals surface area contributed by atoms with Crippen LogP contribution in [0.3, 0.4) is 0 Å². The summed E-state index contributed by atoms with van der Waals surface area (Å²) in [6.07, 6.45) is -2.15. The Balaban J connectivity index is 0.00000242. The Morgan fingerprint density at radius 2 is 2.09 bits per heavy atom. The Kier molecular flexibility index (Phi) is 7.02. The molecule has 1 aliphatic rings. The van der Waals surface area contributed by atoms with Gasteiger partial charge in [0, 0.05) is 17.5 Å². The molecule has 0 spiro atoms. The Labute approximate surface area is 137 Å². The largest absolute Gasteiger partial charge is 0.416 e. The monoisotopic (exact) mass is 354 g/mol. The first-order chi connectivity index (χ1) is 9.86. The van der Waals surface area contributed by atoms with Gasteiger partial charge in [0.05, 0.1) is 11.3 Å². The van der Waals surface area contributed by atoms with E-state index in [1.165, 1.54) is 6.07 Å². The maximum absolute atomic E-state index is 12.6. The van der Waals surface area contributed by atoms with Crippen molar-refractivity contribution >= 4 is 30.1 Å². The maximum Gasteiger partial charge on any atom is 0.416 e. The lowest BCUT2D eigenvalue weighted by Gasteiger charge is -2.12. The van der Waals surface area contributed by atoms with E-state index in [-0.39, 0.29) is 30.1 Å². The highest BCUT2D eigenvalue weighted by Gasteiger charge is 2.30. The zero-order chi connectivity index (χ0) is 15.5. The van der Waals surface area contributed by atoms with Crippen LogP contribution in [0, 0.1) is 5.92 Å². The van der Waals surface area contributed by atoms with Crippen LogP contribution in [0.5, 0.6) is 0 Å². The van der Waals surface area contributed by atoms with E-state index in [1.54, 1.807) is 6.07 Å². The minimum absolute atomic E-state index is 0. The number of halogens is 4. The Morgan fingerprint density at radius 1 is 1.41 bits per heavy atom. The topological polar surface area (TPSA) is 55.1 Å². The Morgan fingerprint density at radius 3 is 2.68 bits per heavy atom. The standard InChI is InChI=1S/C14H17F3N2OS.ClH/c15-14(16,17)10-2-1-3-11(6-10)21-8-13(20)19-7-12(18)9-4-5-9;/h1-3,6,9,12H,4-5,7-8,18H2,(H,19,20);1H. The third kappa shape index (κ3) is 6.06. The number of hydrogen-bond acceptors (Lipinski definition) is 3. The number of hydrogen-bond donors (Lipinski definition) is 2. The van der Waals surface area contributed by atoms with E-state index in [9.17, 15) is 18.0 Å². The van der Waals surface area contributed by atoms with Crippen molar-refractivity contribution in [2.75, 3.05) is 12.3 Å². The number of carbonyl (C=O) groups excluding carboxylic acids is 1. The summed E-state index contributed by atoms with van der Waals surface area (Å²) >= 11 is 1.08. The molecule has 1 unspecified atom stereocenters. The van der Waals surface area contributed by atoms with E-state index in [0.29, 0.717) is 17.4 Å². The predicted molar refractivity (Wildman–Crippen MR) is 83.1 cm³/mol. The molecule has 8 heteroatoms. The lowest BCUT2D eigenvalue weighted by molar-refractivity contribution is -0.137. The van der Waals surface area contributed by atoms with Gasteiger partial charge in [-0.15, -0.1) is 24.2 Å². The van der Waals surface area contributed by atoms with Crippen LogP contribution in [-0.4, -0.2) is 24.2 Å². The lowest BCUT2D eigenvalue weighted by Crippen LogP contribution is -2.39. The lowest BCUT2D eigenvalue weighted by atomic mass is 10.2. The molecule has 2 rings (SSSR count). The van der Waals surface area contributed by atoms with Gasteiger partial charge in [0.15, 0.2) is 0 Å². The second kappa shape index (κ2) is 8.08. The molecule has 0 aliphatic heterocycles. The highest BCUT2D eigenvalue weighted by molar-refractivity contribution is 8.00. The number of alkyl halides is 3. The Hall–Kier alpha value is -0.920. The van der Waals surface area contributed by atoms with Crippen LogP contribution in [-0.2, 0) is 11.0 Å². The molecule has 1 aromatic rings. The average Bonchev–Trinajstić information content (AvgIpc) is 3.26. The molecular formula is C14H18ClF3N2OS. The summed E-state index contributed by atoms with van der Waals surface area (Å²) in [6, 6.07) is 4.94. The van der Waals surface area contributed by atoms with Gasteiger partial charge in [-0.25, -0.2) is 0 Å². The van der Waals surface area contributed by atoms with Crippen molar-refractivity contribution in [1.29, 1.82) is 0 Å². The summed E-state index contributed by atoms with van der Waals surface area (Å²) in [5.74, 6) is 0.369. The molecular weight excluding hydrogens is 337 g/mol. The third-order valence-corrected chi connectivity index (χ3v) is 4.29. The van der Waals surface area contributed by atoms with Gasteiger partial charge in [0.2, 0.25) is 5.91 Å². The number of rotatable bonds is 6. The molecule has 1 saturated carbocycles. The van der Waals surface area contributed by atoms with Crippen LogP contribution in [0.4, 0.5) is 13.2 Å². The van der Waals surface area contributed by atoms with Crippen LogP contribution in [0.15, 0.2) is 29.2 Å². The van der Waals surface area contributed by atoms with E-state index in [0.717, 1.165) is 36.7 Å². The third-order valence-electron chi connectivity index (χ3n) is 3.29. The van der Waals surface area contributed by atoms with Crippen LogP contribution in [0.1, 0.15) is 18.4 Å². The first-order valence-corrected chi connectivity index (χ1v) is 7.67. The van der Waals surface area contributed by atoms with Crippen molar-refractivity contribution in [1.82, 2.24) is 5.32 Å². The van der Waals surface area contributed by atoms with Crippen molar-refractivity contribution < 1.29 is 18.0 Å². The van der Waals surface area contributed by atoms with Gasteiger partial charge < -0.3 is 11.1 Å². The number of benzene rings is 1. The summed E-state index contributed by atoms with van der Waals surface area (Å²) in [6.45, 7) is 0.423. The van der Waals surface area contributed by atoms with Crippen molar-refractivity contribution in [3.8, 4) is 0 Å². The number of nitrogens with two attached hydrogens (primary N) is 1. The van der Waals surface area contributed by atoms with Crippen LogP contribution in [0.25, 0.3) is 0 Å². The molecule has 3 N–H and O–H groups in total. The first kappa shape index (κ1) is 19.1. The number of nitrogens with one attached hydrogen (secondary N) is 1. The number of amides is 1. The smallest absolute Gasteiger partial charge is 0.354 e. The minimum atomic E-state index is -4.37. The average molecular weight is 355 g/mol. The van der Waals surface area contributed by atoms with Gasteiger partial charge in [-0.05, 0) is 37.0 Å². The second-order valence-corrected chi connectivity index (χ2v) is 6.17. The van der Waals surface area contributed by atoms with Crippen molar-refractivity contribution in [2.45, 2.75) is 30.0 Å². The fraction of sp³-hybridized carbons (Fsp3) is 0.500. The predicted octanol–water partition coefficient (Wildman–Crippen LogP) is 3.07. The molecule has 0 bridgehead atoms. The SMILES string of the molecule is Cl.NC(CNC(=O)CSc1cccc(C(F)(F)F)c1)C1CC1. The first-order valence-electron chi connectivity index (χ1n) is 6.68. The van der Waals surface area contributed by atoms with Gasteiger partial charge in [-0.3, -0.25) is 4.79 Å². The van der Waals surface area contributed by atoms with E-state index in [1.807, 2.05) is 0 Å². The molecule has 1 fully saturated rings. The van der Waals surface area contributed by atoms with Gasteiger partial charge in [-0.2, -0.15) is 13.2 Å². The Bertz CT molecular complexity index is 509. The van der Waals surface area contributed by atoms with E-state index in [2.05, 4.69) is 5.32 Å². The molecule has 0 radical (unpaired) electrons. The van der Waals surface area contributed by atoms with E-state index in [4.69, 9.17) is 5.73 Å². The van der Waals surface area contributed by atoms with Crippen LogP contribution < -0.4 is 11.1 Å². The summed E-state index contributed by atoms with van der Waals surface area (Å²) in [5, 5.41) is 2.71. The fourth-order valence-corrected chi connectivity index (χ4v) is 2.67. The summed E-state index contributed by atoms with van der Waals surface area (Å²) < 4.78 is 37.7. The quantitative estimate of drug-likeness (QED) is 0.772. The molecule has 124 valence electrons. The molecule has 0 aromatic heterocycles. The molecule has 1 amide bonds. The van der Waals surface area contributed by atoms with Gasteiger partial charge in [0.1, 0.15) is 0 Å². The highest BCUT2D eigenvalue weighted by atomic mass is 35.5. The van der Waals surface area contributed by atoms with Crippen molar-refractivity contribution in [2.24, 2.45) is 11.7 Å². The molecule has 1 aromatic carbocycles. The molecule has 22 heavy (non-hydrogen) atoms. The van der Waals surface area contributed by atoms with Gasteiger partial charge >= 0.3 is 6.18 Å². The van der Waals surface area contributed by atoms with Gasteiger partial charge in [-0.1, -0.05) is 6.07 Å². The zero-order valence-corrected chi connectivity index (χ0v) is 13.4. The normalized spacial score (nSPS) is 15.8. The highest BCUT2D eigenvalue weighted by Crippen LogP contribution is 2.32. The number of carbonyl (C=O) groups is 1. The second-order valence-electron chi connectivity index (χ2n) is 5.12. The summed E-state index contributed by atoms with van der Waals surface area (Å²) in [4.78, 5) is 12.1. The maximum atomic E-state index is 12.6. The summed E-state index contributed by atoms with van der Waals surface area (Å²) in [5.41, 5.74) is 5.15. The molecule has 3 nitrogen and oxygen atoms in total. The molecule has 0 saturated heterocycles. The molecule has 0 heterocycles. The van der Waals surface area contributed by atoms with Gasteiger partial charge in [0.25, 0.3) is 0 Å². The molecule has 1 atom stereocenters. The van der Waals surface area contributed by atoms with E-state index < -0.39 is 11.7 Å². The molecule has 1 aliphatic carbocycles. The van der Waals surface area contributed by atoms with Crippen molar-refractivity contribution in [3.05, 3.63) is 29.8 Å². The number of thioether (sulfide) groups is 1. The summed E-state index contributed by atoms with van der Waals surface area (Å²) in [7, 11) is 0. The van der Waals surface area contributed by atoms with E-state index >= 15 is 0 Å². The fourth-order valence-electron chi connectivity index (χ4n) is 1.88.